The molecule has 4 N–H and O–H groups in total. The Hall–Kier alpha value is -2.83. The lowest BCUT2D eigenvalue weighted by molar-refractivity contribution is 0.0995. The van der Waals surface area contributed by atoms with Crippen molar-refractivity contribution in [3.8, 4) is 0 Å². The van der Waals surface area contributed by atoms with Crippen molar-refractivity contribution < 1.29 is 14.7 Å². The number of para-hydroxylation sites is 1. The Labute approximate surface area is 133 Å². The van der Waals surface area contributed by atoms with Crippen molar-refractivity contribution in [2.75, 3.05) is 4.90 Å². The topological polar surface area (TPSA) is 112 Å². The van der Waals surface area contributed by atoms with E-state index in [2.05, 4.69) is 9.97 Å². The predicted molar refractivity (Wildman–Crippen MR) is 84.5 cm³/mol. The molecule has 1 aliphatic rings. The zero-order valence-electron chi connectivity index (χ0n) is 12.7. The Bertz CT molecular complexity index is 768. The highest BCUT2D eigenvalue weighted by atomic mass is 16.4. The molecule has 2 aromatic rings. The lowest BCUT2D eigenvalue weighted by atomic mass is 10.1. The minimum Gasteiger partial charge on any atom is -0.465 e. The van der Waals surface area contributed by atoms with Crippen LogP contribution in [0.15, 0.2) is 24.3 Å². The largest absolute Gasteiger partial charge is 0.465 e. The van der Waals surface area contributed by atoms with Gasteiger partial charge in [0.05, 0.1) is 5.69 Å². The number of aryl methyl sites for hydroxylation is 1. The van der Waals surface area contributed by atoms with Crippen molar-refractivity contribution in [2.24, 2.45) is 5.73 Å². The molecule has 0 aliphatic carbocycles. The maximum absolute atomic E-state index is 11.7. The summed E-state index contributed by atoms with van der Waals surface area (Å²) in [5.41, 5.74) is 7.84. The maximum Gasteiger partial charge on any atom is 0.412 e. The Morgan fingerprint density at radius 2 is 2.17 bits per heavy atom. The molecule has 3 rings (SSSR count). The van der Waals surface area contributed by atoms with Crippen LogP contribution in [-0.2, 0) is 12.8 Å². The molecule has 1 aromatic heterocycles. The molecule has 0 spiro atoms. The highest BCUT2D eigenvalue weighted by molar-refractivity contribution is 5.92. The Kier molecular flexibility index (Phi) is 3.77. The fourth-order valence-corrected chi connectivity index (χ4v) is 3.06. The number of H-pyrrole nitrogens is 1. The molecule has 1 atom stereocenters. The number of aromatic nitrogens is 2. The van der Waals surface area contributed by atoms with Crippen LogP contribution in [0.25, 0.3) is 0 Å². The summed E-state index contributed by atoms with van der Waals surface area (Å²) in [5, 5.41) is 9.57. The van der Waals surface area contributed by atoms with Crippen LogP contribution in [0.4, 0.5) is 10.5 Å². The number of primary amides is 1. The summed E-state index contributed by atoms with van der Waals surface area (Å²) in [6, 6.07) is 6.87. The quantitative estimate of drug-likeness (QED) is 0.803. The number of anilines is 1. The molecule has 1 unspecified atom stereocenters. The first-order valence-electron chi connectivity index (χ1n) is 7.51. The normalized spacial score (nSPS) is 16.4. The van der Waals surface area contributed by atoms with E-state index in [1.54, 1.807) is 12.1 Å². The van der Waals surface area contributed by atoms with Gasteiger partial charge in [0.1, 0.15) is 17.6 Å². The summed E-state index contributed by atoms with van der Waals surface area (Å²) in [6.07, 6.45) is 0.932. The lowest BCUT2D eigenvalue weighted by Gasteiger charge is -2.20. The van der Waals surface area contributed by atoms with Crippen LogP contribution >= 0.6 is 0 Å². The van der Waals surface area contributed by atoms with Gasteiger partial charge in [-0.3, -0.25) is 9.69 Å². The monoisotopic (exact) mass is 314 g/mol. The number of rotatable bonds is 4. The predicted octanol–water partition coefficient (Wildman–Crippen LogP) is 2.24. The number of aromatic amines is 1. The van der Waals surface area contributed by atoms with Gasteiger partial charge >= 0.3 is 6.09 Å². The van der Waals surface area contributed by atoms with E-state index in [1.165, 1.54) is 4.90 Å². The van der Waals surface area contributed by atoms with Gasteiger partial charge in [0.2, 0.25) is 0 Å². The maximum atomic E-state index is 11.7. The number of amides is 2. The summed E-state index contributed by atoms with van der Waals surface area (Å²) in [5.74, 6) is -0.144. The third-order valence-electron chi connectivity index (χ3n) is 4.03. The van der Waals surface area contributed by atoms with Crippen LogP contribution in [-0.4, -0.2) is 27.1 Å². The third-order valence-corrected chi connectivity index (χ3v) is 4.03. The minimum atomic E-state index is -1.05. The molecule has 7 nitrogen and oxygen atoms in total. The Balaban J connectivity index is 2.03. The van der Waals surface area contributed by atoms with Crippen LogP contribution in [0.3, 0.4) is 0 Å². The molecule has 2 heterocycles. The van der Waals surface area contributed by atoms with Gasteiger partial charge in [-0.25, -0.2) is 9.78 Å². The highest BCUT2D eigenvalue weighted by Gasteiger charge is 2.37. The fraction of sp³-hybridized carbons (Fsp3) is 0.312. The SMILES string of the molecule is CCCc1[nH]c(C2Cc3ccccc3N2C(=O)O)nc1C(N)=O. The number of imidazole rings is 1. The van der Waals surface area contributed by atoms with Gasteiger partial charge in [-0.1, -0.05) is 31.5 Å². The summed E-state index contributed by atoms with van der Waals surface area (Å²) in [6.45, 7) is 1.99. The van der Waals surface area contributed by atoms with Gasteiger partial charge in [0, 0.05) is 12.1 Å². The van der Waals surface area contributed by atoms with Crippen molar-refractivity contribution in [1.29, 1.82) is 0 Å². The number of carbonyl (C=O) groups excluding carboxylic acids is 1. The van der Waals surface area contributed by atoms with Crippen molar-refractivity contribution >= 4 is 17.7 Å². The van der Waals surface area contributed by atoms with E-state index in [4.69, 9.17) is 5.73 Å². The van der Waals surface area contributed by atoms with Crippen LogP contribution in [0, 0.1) is 0 Å². The van der Waals surface area contributed by atoms with Gasteiger partial charge < -0.3 is 15.8 Å². The average Bonchev–Trinajstić information content (AvgIpc) is 3.08. The number of nitrogens with two attached hydrogens (primary N) is 1. The lowest BCUT2D eigenvalue weighted by Crippen LogP contribution is -2.31. The number of hydrogen-bond acceptors (Lipinski definition) is 3. The van der Waals surface area contributed by atoms with E-state index >= 15 is 0 Å². The first-order valence-corrected chi connectivity index (χ1v) is 7.51. The second-order valence-corrected chi connectivity index (χ2v) is 5.56. The molecule has 0 bridgehead atoms. The molecular weight excluding hydrogens is 296 g/mol. The van der Waals surface area contributed by atoms with Gasteiger partial charge in [0.15, 0.2) is 0 Å². The third kappa shape index (κ3) is 2.54. The van der Waals surface area contributed by atoms with Gasteiger partial charge in [-0.05, 0) is 18.1 Å². The molecular formula is C16H18N4O3. The minimum absolute atomic E-state index is 0.197. The van der Waals surface area contributed by atoms with Gasteiger partial charge in [-0.15, -0.1) is 0 Å². The van der Waals surface area contributed by atoms with Crippen molar-refractivity contribution in [1.82, 2.24) is 9.97 Å². The second-order valence-electron chi connectivity index (χ2n) is 5.56. The highest BCUT2D eigenvalue weighted by Crippen LogP contribution is 2.39. The molecule has 1 aromatic carbocycles. The Morgan fingerprint density at radius 1 is 1.43 bits per heavy atom. The van der Waals surface area contributed by atoms with Crippen molar-refractivity contribution in [3.63, 3.8) is 0 Å². The summed E-state index contributed by atoms with van der Waals surface area (Å²) in [7, 11) is 0. The molecule has 0 saturated heterocycles. The van der Waals surface area contributed by atoms with Gasteiger partial charge in [-0.2, -0.15) is 0 Å². The first-order chi connectivity index (χ1) is 11.0. The van der Waals surface area contributed by atoms with Crippen LogP contribution < -0.4 is 10.6 Å². The number of benzene rings is 1. The zero-order valence-corrected chi connectivity index (χ0v) is 12.7. The van der Waals surface area contributed by atoms with Gasteiger partial charge in [0.25, 0.3) is 5.91 Å². The van der Waals surface area contributed by atoms with E-state index in [1.807, 2.05) is 19.1 Å². The summed E-state index contributed by atoms with van der Waals surface area (Å²) < 4.78 is 0. The van der Waals surface area contributed by atoms with E-state index in [0.29, 0.717) is 30.0 Å². The number of fused-ring (bicyclic) bond motifs is 1. The molecule has 7 heteroatoms. The van der Waals surface area contributed by atoms with Crippen molar-refractivity contribution in [3.05, 3.63) is 47.0 Å². The number of nitrogens with zero attached hydrogens (tertiary/aromatic N) is 2. The molecule has 23 heavy (non-hydrogen) atoms. The standard InChI is InChI=1S/C16H18N4O3/c1-2-5-10-13(14(17)21)19-15(18-10)12-8-9-6-3-4-7-11(9)20(12)16(22)23/h3-4,6-7,12H,2,5,8H2,1H3,(H2,17,21)(H,18,19)(H,22,23). The zero-order chi connectivity index (χ0) is 16.6. The second kappa shape index (κ2) is 5.75. The Morgan fingerprint density at radius 3 is 2.83 bits per heavy atom. The number of nitrogens with one attached hydrogen (secondary N) is 1. The molecule has 120 valence electrons. The van der Waals surface area contributed by atoms with Crippen LogP contribution in [0.5, 0.6) is 0 Å². The molecule has 0 radical (unpaired) electrons. The smallest absolute Gasteiger partial charge is 0.412 e. The van der Waals surface area contributed by atoms with Crippen molar-refractivity contribution in [2.45, 2.75) is 32.2 Å². The number of carboxylic acid groups (broad SMARTS) is 1. The summed E-state index contributed by atoms with van der Waals surface area (Å²) >= 11 is 0. The fourth-order valence-electron chi connectivity index (χ4n) is 3.06. The van der Waals surface area contributed by atoms with E-state index in [0.717, 1.165) is 12.0 Å². The number of hydrogen-bond donors (Lipinski definition) is 3. The number of carbonyl (C=O) groups is 2. The first kappa shape index (κ1) is 15.1. The van der Waals surface area contributed by atoms with Crippen LogP contribution in [0.1, 0.15) is 47.0 Å². The molecule has 1 aliphatic heterocycles. The molecule has 2 amide bonds. The van der Waals surface area contributed by atoms with E-state index in [9.17, 15) is 14.7 Å². The molecule has 0 saturated carbocycles. The van der Waals surface area contributed by atoms with E-state index in [-0.39, 0.29) is 5.69 Å². The van der Waals surface area contributed by atoms with E-state index < -0.39 is 18.0 Å². The molecule has 0 fully saturated rings. The average molecular weight is 314 g/mol. The van der Waals surface area contributed by atoms with Crippen LogP contribution in [0.2, 0.25) is 0 Å². The summed E-state index contributed by atoms with van der Waals surface area (Å²) in [4.78, 5) is 31.9.